The first-order valence-corrected chi connectivity index (χ1v) is 7.30. The summed E-state index contributed by atoms with van der Waals surface area (Å²) in [7, 11) is 1.67. The van der Waals surface area contributed by atoms with Crippen LogP contribution in [-0.2, 0) is 4.74 Å². The lowest BCUT2D eigenvalue weighted by Crippen LogP contribution is -2.09. The van der Waals surface area contributed by atoms with Gasteiger partial charge in [-0.2, -0.15) is 0 Å². The van der Waals surface area contributed by atoms with Gasteiger partial charge in [-0.3, -0.25) is 0 Å². The zero-order chi connectivity index (χ0) is 14.9. The summed E-state index contributed by atoms with van der Waals surface area (Å²) in [4.78, 5) is 0. The lowest BCUT2D eigenvalue weighted by atomic mass is 10.0. The molecule has 0 aliphatic rings. The molecule has 0 aromatic heterocycles. The molecule has 3 heteroatoms. The van der Waals surface area contributed by atoms with E-state index < -0.39 is 0 Å². The zero-order valence-corrected chi connectivity index (χ0v) is 12.7. The highest BCUT2D eigenvalue weighted by Gasteiger charge is 2.04. The summed E-state index contributed by atoms with van der Waals surface area (Å²) >= 11 is 0. The van der Waals surface area contributed by atoms with Gasteiger partial charge in [0.1, 0.15) is 12.4 Å². The monoisotopic (exact) mass is 285 g/mol. The van der Waals surface area contributed by atoms with Gasteiger partial charge in [0.15, 0.2) is 0 Å². The summed E-state index contributed by atoms with van der Waals surface area (Å²) in [6.07, 6.45) is 0. The van der Waals surface area contributed by atoms with Crippen LogP contribution in [0.25, 0.3) is 0 Å². The fraction of sp³-hybridized carbons (Fsp3) is 0.333. The molecule has 0 aliphatic heterocycles. The Morgan fingerprint density at radius 3 is 2.33 bits per heavy atom. The van der Waals surface area contributed by atoms with Crippen molar-refractivity contribution in [2.75, 3.05) is 32.2 Å². The van der Waals surface area contributed by atoms with Crippen LogP contribution in [0, 0.1) is 0 Å². The summed E-state index contributed by atoms with van der Waals surface area (Å²) in [6.45, 7) is 4.32. The minimum atomic E-state index is 0.476. The third kappa shape index (κ3) is 5.12. The van der Waals surface area contributed by atoms with Crippen molar-refractivity contribution in [1.82, 2.24) is 0 Å². The van der Waals surface area contributed by atoms with E-state index >= 15 is 0 Å². The number of anilines is 1. The molecule has 0 bridgehead atoms. The molecular formula is C18H23NO2. The molecule has 0 amide bonds. The Balaban J connectivity index is 1.80. The predicted molar refractivity (Wildman–Crippen MR) is 87.2 cm³/mol. The molecule has 1 N–H and O–H groups in total. The normalized spacial score (nSPS) is 11.9. The molecule has 2 rings (SSSR count). The second kappa shape index (κ2) is 8.32. The molecule has 0 aliphatic carbocycles. The van der Waals surface area contributed by atoms with Crippen LogP contribution in [0.1, 0.15) is 18.4 Å². The van der Waals surface area contributed by atoms with Gasteiger partial charge in [-0.05, 0) is 35.7 Å². The van der Waals surface area contributed by atoms with Crippen molar-refractivity contribution in [2.24, 2.45) is 0 Å². The fourth-order valence-electron chi connectivity index (χ4n) is 2.08. The number of hydrogen-bond acceptors (Lipinski definition) is 3. The average molecular weight is 285 g/mol. The lowest BCUT2D eigenvalue weighted by Gasteiger charge is -2.14. The maximum Gasteiger partial charge on any atom is 0.119 e. The van der Waals surface area contributed by atoms with Gasteiger partial charge in [0.2, 0.25) is 0 Å². The van der Waals surface area contributed by atoms with Gasteiger partial charge in [0.05, 0.1) is 6.61 Å². The molecule has 21 heavy (non-hydrogen) atoms. The second-order valence-electron chi connectivity index (χ2n) is 5.06. The third-order valence-electron chi connectivity index (χ3n) is 3.39. The van der Waals surface area contributed by atoms with Gasteiger partial charge in [-0.1, -0.05) is 37.3 Å². The summed E-state index contributed by atoms with van der Waals surface area (Å²) in [5.74, 6) is 1.34. The van der Waals surface area contributed by atoms with E-state index in [1.165, 1.54) is 5.56 Å². The van der Waals surface area contributed by atoms with Crippen LogP contribution in [-0.4, -0.2) is 26.9 Å². The molecule has 112 valence electrons. The highest BCUT2D eigenvalue weighted by molar-refractivity contribution is 5.46. The fourth-order valence-corrected chi connectivity index (χ4v) is 2.08. The number of nitrogens with one attached hydrogen (secondary N) is 1. The maximum absolute atomic E-state index is 5.54. The van der Waals surface area contributed by atoms with E-state index in [4.69, 9.17) is 9.47 Å². The van der Waals surface area contributed by atoms with Gasteiger partial charge in [-0.25, -0.2) is 0 Å². The second-order valence-corrected chi connectivity index (χ2v) is 5.06. The van der Waals surface area contributed by atoms with Crippen LogP contribution < -0.4 is 10.1 Å². The smallest absolute Gasteiger partial charge is 0.119 e. The first-order chi connectivity index (χ1) is 10.3. The molecule has 0 fully saturated rings. The Morgan fingerprint density at radius 1 is 0.952 bits per heavy atom. The van der Waals surface area contributed by atoms with Crippen molar-refractivity contribution in [3.05, 3.63) is 60.2 Å². The van der Waals surface area contributed by atoms with Gasteiger partial charge in [0, 0.05) is 19.3 Å². The standard InChI is InChI=1S/C18H23NO2/c1-15(16-6-4-3-5-7-16)14-19-17-8-10-18(11-9-17)21-13-12-20-2/h3-11,15,19H,12-14H2,1-2H3. The molecule has 2 aromatic rings. The Labute approximate surface area is 126 Å². The van der Waals surface area contributed by atoms with Crippen molar-refractivity contribution in [1.29, 1.82) is 0 Å². The first kappa shape index (κ1) is 15.4. The Morgan fingerprint density at radius 2 is 1.67 bits per heavy atom. The number of methoxy groups -OCH3 is 1. The van der Waals surface area contributed by atoms with E-state index in [-0.39, 0.29) is 0 Å². The first-order valence-electron chi connectivity index (χ1n) is 7.30. The molecule has 0 spiro atoms. The van der Waals surface area contributed by atoms with Crippen molar-refractivity contribution in [3.8, 4) is 5.75 Å². The summed E-state index contributed by atoms with van der Waals surface area (Å²) in [5, 5.41) is 3.46. The lowest BCUT2D eigenvalue weighted by molar-refractivity contribution is 0.146. The predicted octanol–water partition coefficient (Wildman–Crippen LogP) is 3.93. The topological polar surface area (TPSA) is 30.5 Å². The van der Waals surface area contributed by atoms with Crippen LogP contribution in [0.5, 0.6) is 5.75 Å². The van der Waals surface area contributed by atoms with E-state index in [9.17, 15) is 0 Å². The minimum absolute atomic E-state index is 0.476. The van der Waals surface area contributed by atoms with E-state index in [0.29, 0.717) is 19.1 Å². The highest BCUT2D eigenvalue weighted by atomic mass is 16.5. The largest absolute Gasteiger partial charge is 0.491 e. The molecule has 3 nitrogen and oxygen atoms in total. The van der Waals surface area contributed by atoms with Crippen LogP contribution in [0.2, 0.25) is 0 Å². The molecule has 0 heterocycles. The van der Waals surface area contributed by atoms with Crippen molar-refractivity contribution in [3.63, 3.8) is 0 Å². The molecule has 0 radical (unpaired) electrons. The van der Waals surface area contributed by atoms with E-state index in [2.05, 4.69) is 36.5 Å². The van der Waals surface area contributed by atoms with Gasteiger partial charge in [-0.15, -0.1) is 0 Å². The van der Waals surface area contributed by atoms with Gasteiger partial charge in [0.25, 0.3) is 0 Å². The molecule has 0 saturated heterocycles. The molecule has 2 aromatic carbocycles. The van der Waals surface area contributed by atoms with Crippen molar-refractivity contribution in [2.45, 2.75) is 12.8 Å². The Hall–Kier alpha value is -2.00. The van der Waals surface area contributed by atoms with E-state index in [0.717, 1.165) is 18.0 Å². The number of hydrogen-bond donors (Lipinski definition) is 1. The molecule has 1 atom stereocenters. The SMILES string of the molecule is COCCOc1ccc(NCC(C)c2ccccc2)cc1. The van der Waals surface area contributed by atoms with Gasteiger partial charge < -0.3 is 14.8 Å². The minimum Gasteiger partial charge on any atom is -0.491 e. The van der Waals surface area contributed by atoms with Crippen LogP contribution in [0.15, 0.2) is 54.6 Å². The number of benzene rings is 2. The van der Waals surface area contributed by atoms with Gasteiger partial charge >= 0.3 is 0 Å². The third-order valence-corrected chi connectivity index (χ3v) is 3.39. The van der Waals surface area contributed by atoms with Crippen molar-refractivity contribution < 1.29 is 9.47 Å². The van der Waals surface area contributed by atoms with Crippen LogP contribution in [0.3, 0.4) is 0 Å². The number of ether oxygens (including phenoxy) is 2. The number of rotatable bonds is 8. The molecule has 0 saturated carbocycles. The van der Waals surface area contributed by atoms with Crippen LogP contribution in [0.4, 0.5) is 5.69 Å². The summed E-state index contributed by atoms with van der Waals surface area (Å²) in [5.41, 5.74) is 2.46. The molecule has 1 unspecified atom stereocenters. The zero-order valence-electron chi connectivity index (χ0n) is 12.7. The summed E-state index contributed by atoms with van der Waals surface area (Å²) < 4.78 is 10.5. The van der Waals surface area contributed by atoms with E-state index in [1.54, 1.807) is 7.11 Å². The van der Waals surface area contributed by atoms with Crippen molar-refractivity contribution >= 4 is 5.69 Å². The van der Waals surface area contributed by atoms with E-state index in [1.807, 2.05) is 30.3 Å². The maximum atomic E-state index is 5.54. The Kier molecular flexibility index (Phi) is 6.10. The Bertz CT molecular complexity index is 511. The highest BCUT2D eigenvalue weighted by Crippen LogP contribution is 2.18. The van der Waals surface area contributed by atoms with Crippen LogP contribution >= 0.6 is 0 Å². The summed E-state index contributed by atoms with van der Waals surface area (Å²) in [6, 6.07) is 18.6. The quantitative estimate of drug-likeness (QED) is 0.746. The average Bonchev–Trinajstić information content (AvgIpc) is 2.55. The molecular weight excluding hydrogens is 262 g/mol.